The number of nitrogens with zero attached hydrogens (tertiary/aromatic N) is 1. The van der Waals surface area contributed by atoms with Gasteiger partial charge in [-0.25, -0.2) is 10.4 Å². The first-order valence-corrected chi connectivity index (χ1v) is 4.57. The summed E-state index contributed by atoms with van der Waals surface area (Å²) in [6.07, 6.45) is 0.543. The van der Waals surface area contributed by atoms with E-state index >= 15 is 0 Å². The van der Waals surface area contributed by atoms with Crippen molar-refractivity contribution in [1.29, 1.82) is 0 Å². The van der Waals surface area contributed by atoms with Crippen molar-refractivity contribution in [2.45, 2.75) is 13.0 Å². The van der Waals surface area contributed by atoms with Crippen LogP contribution in [0.15, 0.2) is 24.3 Å². The molecule has 0 bridgehead atoms. The molecule has 2 rings (SSSR count). The molecule has 0 atom stereocenters. The molecule has 1 saturated heterocycles. The van der Waals surface area contributed by atoms with Gasteiger partial charge in [-0.15, -0.1) is 0 Å². The van der Waals surface area contributed by atoms with Crippen molar-refractivity contribution in [3.8, 4) is 0 Å². The highest BCUT2D eigenvalue weighted by molar-refractivity contribution is 5.94. The summed E-state index contributed by atoms with van der Waals surface area (Å²) in [6, 6.07) is 7.26. The molecule has 0 saturated carbocycles. The summed E-state index contributed by atoms with van der Waals surface area (Å²) in [4.78, 5) is 11.3. The molecule has 74 valence electrons. The van der Waals surface area contributed by atoms with E-state index in [0.29, 0.717) is 13.0 Å². The number of aliphatic hydroxyl groups excluding tert-OH is 1. The minimum absolute atomic E-state index is 0.0294. The van der Waals surface area contributed by atoms with Gasteiger partial charge in [0.2, 0.25) is 5.91 Å². The Kier molecular flexibility index (Phi) is 2.47. The molecule has 0 spiro atoms. The zero-order valence-corrected chi connectivity index (χ0v) is 7.73. The Morgan fingerprint density at radius 1 is 1.36 bits per heavy atom. The standard InChI is InChI=1S/C10H12N2O2/c13-7-8-1-3-9(4-2-8)12-10(14)5-6-11-12/h1-4,11,13H,5-7H2. The topological polar surface area (TPSA) is 52.6 Å². The van der Waals surface area contributed by atoms with E-state index in [2.05, 4.69) is 5.43 Å². The maximum absolute atomic E-state index is 11.3. The lowest BCUT2D eigenvalue weighted by Crippen LogP contribution is -2.33. The zero-order chi connectivity index (χ0) is 9.97. The molecule has 4 nitrogen and oxygen atoms in total. The fourth-order valence-corrected chi connectivity index (χ4v) is 1.46. The van der Waals surface area contributed by atoms with Crippen molar-refractivity contribution < 1.29 is 9.90 Å². The van der Waals surface area contributed by atoms with Crippen LogP contribution < -0.4 is 10.4 Å². The van der Waals surface area contributed by atoms with E-state index in [0.717, 1.165) is 11.3 Å². The molecule has 14 heavy (non-hydrogen) atoms. The van der Waals surface area contributed by atoms with Gasteiger partial charge in [0.1, 0.15) is 0 Å². The van der Waals surface area contributed by atoms with Crippen molar-refractivity contribution in [1.82, 2.24) is 5.43 Å². The molecule has 0 unspecified atom stereocenters. The van der Waals surface area contributed by atoms with E-state index in [1.807, 2.05) is 24.3 Å². The molecule has 0 aromatic heterocycles. The molecule has 1 aliphatic heterocycles. The summed E-state index contributed by atoms with van der Waals surface area (Å²) < 4.78 is 0. The minimum Gasteiger partial charge on any atom is -0.392 e. The third-order valence-electron chi connectivity index (χ3n) is 2.24. The first-order chi connectivity index (χ1) is 6.81. The van der Waals surface area contributed by atoms with Gasteiger partial charge in [0, 0.05) is 13.0 Å². The Morgan fingerprint density at radius 3 is 2.57 bits per heavy atom. The van der Waals surface area contributed by atoms with Gasteiger partial charge < -0.3 is 5.11 Å². The molecule has 1 amide bonds. The van der Waals surface area contributed by atoms with Crippen molar-refractivity contribution in [2.75, 3.05) is 11.6 Å². The van der Waals surface area contributed by atoms with E-state index in [1.165, 1.54) is 0 Å². The number of hydrogen-bond acceptors (Lipinski definition) is 3. The maximum Gasteiger partial charge on any atom is 0.242 e. The number of nitrogens with one attached hydrogen (secondary N) is 1. The predicted molar refractivity (Wildman–Crippen MR) is 52.5 cm³/mol. The number of hydrogen-bond donors (Lipinski definition) is 2. The Hall–Kier alpha value is -1.39. The first kappa shape index (κ1) is 9.18. The number of carbonyl (C=O) groups is 1. The highest BCUT2D eigenvalue weighted by Gasteiger charge is 2.20. The number of carbonyl (C=O) groups excluding carboxylic acids is 1. The SMILES string of the molecule is O=C1CCNN1c1ccc(CO)cc1. The summed E-state index contributed by atoms with van der Waals surface area (Å²) in [5, 5.41) is 10.4. The van der Waals surface area contributed by atoms with Crippen molar-refractivity contribution in [3.05, 3.63) is 29.8 Å². The van der Waals surface area contributed by atoms with Crippen LogP contribution in [0.4, 0.5) is 5.69 Å². The summed E-state index contributed by atoms with van der Waals surface area (Å²) in [7, 11) is 0. The van der Waals surface area contributed by atoms with Crippen LogP contribution in [-0.4, -0.2) is 17.6 Å². The van der Waals surface area contributed by atoms with Crippen LogP contribution in [0.3, 0.4) is 0 Å². The number of amides is 1. The molecule has 1 aromatic rings. The molecular formula is C10H12N2O2. The largest absolute Gasteiger partial charge is 0.392 e. The zero-order valence-electron chi connectivity index (χ0n) is 7.73. The lowest BCUT2D eigenvalue weighted by atomic mass is 10.2. The van der Waals surface area contributed by atoms with Gasteiger partial charge in [-0.1, -0.05) is 12.1 Å². The van der Waals surface area contributed by atoms with E-state index in [4.69, 9.17) is 5.11 Å². The minimum atomic E-state index is 0.0294. The molecule has 1 fully saturated rings. The average molecular weight is 192 g/mol. The highest BCUT2D eigenvalue weighted by Crippen LogP contribution is 2.16. The lowest BCUT2D eigenvalue weighted by molar-refractivity contribution is -0.117. The second kappa shape index (κ2) is 3.77. The monoisotopic (exact) mass is 192 g/mol. The number of anilines is 1. The van der Waals surface area contributed by atoms with Gasteiger partial charge in [0.25, 0.3) is 0 Å². The van der Waals surface area contributed by atoms with E-state index < -0.39 is 0 Å². The van der Waals surface area contributed by atoms with Gasteiger partial charge >= 0.3 is 0 Å². The Bertz CT molecular complexity index is 334. The molecule has 4 heteroatoms. The van der Waals surface area contributed by atoms with Crippen molar-refractivity contribution in [3.63, 3.8) is 0 Å². The van der Waals surface area contributed by atoms with Crippen LogP contribution in [0.5, 0.6) is 0 Å². The number of rotatable bonds is 2. The third kappa shape index (κ3) is 1.62. The van der Waals surface area contributed by atoms with Crippen LogP contribution in [0.1, 0.15) is 12.0 Å². The quantitative estimate of drug-likeness (QED) is 0.714. The summed E-state index contributed by atoms with van der Waals surface area (Å²) in [6.45, 7) is 0.724. The number of benzene rings is 1. The summed E-state index contributed by atoms with van der Waals surface area (Å²) in [5.74, 6) is 0.0850. The number of aliphatic hydroxyl groups is 1. The maximum atomic E-state index is 11.3. The second-order valence-electron chi connectivity index (χ2n) is 3.21. The van der Waals surface area contributed by atoms with Gasteiger partial charge in [-0.3, -0.25) is 4.79 Å². The molecule has 0 aliphatic carbocycles. The Balaban J connectivity index is 2.20. The molecule has 1 aliphatic rings. The van der Waals surface area contributed by atoms with Crippen molar-refractivity contribution >= 4 is 11.6 Å². The third-order valence-corrected chi connectivity index (χ3v) is 2.24. The lowest BCUT2D eigenvalue weighted by Gasteiger charge is -2.15. The molecule has 1 aromatic carbocycles. The van der Waals surface area contributed by atoms with Gasteiger partial charge in [0.15, 0.2) is 0 Å². The van der Waals surface area contributed by atoms with Crippen LogP contribution >= 0.6 is 0 Å². The van der Waals surface area contributed by atoms with Gasteiger partial charge in [-0.05, 0) is 17.7 Å². The van der Waals surface area contributed by atoms with Crippen LogP contribution in [0.2, 0.25) is 0 Å². The molecule has 0 radical (unpaired) electrons. The average Bonchev–Trinajstić information content (AvgIpc) is 2.65. The molecule has 1 heterocycles. The van der Waals surface area contributed by atoms with Crippen molar-refractivity contribution in [2.24, 2.45) is 0 Å². The first-order valence-electron chi connectivity index (χ1n) is 4.57. The van der Waals surface area contributed by atoms with Crippen LogP contribution in [0, 0.1) is 0 Å². The molecular weight excluding hydrogens is 180 g/mol. The van der Waals surface area contributed by atoms with E-state index in [9.17, 15) is 4.79 Å². The Labute approximate surface area is 82.1 Å². The normalized spacial score (nSPS) is 16.4. The fraction of sp³-hybridized carbons (Fsp3) is 0.300. The summed E-state index contributed by atoms with van der Waals surface area (Å²) >= 11 is 0. The van der Waals surface area contributed by atoms with Crippen LogP contribution in [0.25, 0.3) is 0 Å². The smallest absolute Gasteiger partial charge is 0.242 e. The number of hydrazine groups is 1. The van der Waals surface area contributed by atoms with Crippen LogP contribution in [-0.2, 0) is 11.4 Å². The predicted octanol–water partition coefficient (Wildman–Crippen LogP) is 0.420. The highest BCUT2D eigenvalue weighted by atomic mass is 16.3. The summed E-state index contributed by atoms with van der Waals surface area (Å²) in [5.41, 5.74) is 4.65. The van der Waals surface area contributed by atoms with Gasteiger partial charge in [-0.2, -0.15) is 0 Å². The van der Waals surface area contributed by atoms with E-state index in [1.54, 1.807) is 5.01 Å². The Morgan fingerprint density at radius 2 is 2.07 bits per heavy atom. The van der Waals surface area contributed by atoms with E-state index in [-0.39, 0.29) is 12.5 Å². The van der Waals surface area contributed by atoms with Gasteiger partial charge in [0.05, 0.1) is 12.3 Å². The second-order valence-corrected chi connectivity index (χ2v) is 3.21. The fourth-order valence-electron chi connectivity index (χ4n) is 1.46. The molecule has 2 N–H and O–H groups in total.